The van der Waals surface area contributed by atoms with E-state index >= 15 is 0 Å². The van der Waals surface area contributed by atoms with Crippen molar-refractivity contribution in [3.05, 3.63) is 41.2 Å². The number of amides is 2. The molecule has 2 N–H and O–H groups in total. The quantitative estimate of drug-likeness (QED) is 0.173. The number of alkyl carbamates (subject to hydrolysis) is 1. The number of para-hydroxylation sites is 1. The van der Waals surface area contributed by atoms with Crippen LogP contribution in [0.5, 0.6) is 5.75 Å². The first-order valence-electron chi connectivity index (χ1n) is 17.7. The summed E-state index contributed by atoms with van der Waals surface area (Å²) in [6.45, 7) is 18.1. The Bertz CT molecular complexity index is 1590. The molecular formula is C36H54BN5O9. The van der Waals surface area contributed by atoms with Gasteiger partial charge in [0.05, 0.1) is 44.2 Å². The summed E-state index contributed by atoms with van der Waals surface area (Å²) in [7, 11) is 0.778. The van der Waals surface area contributed by atoms with Crippen molar-refractivity contribution in [3.63, 3.8) is 0 Å². The lowest BCUT2D eigenvalue weighted by atomic mass is 9.43. The number of ether oxygens (including phenoxy) is 4. The molecule has 2 amide bonds. The highest BCUT2D eigenvalue weighted by atomic mass is 16.7. The predicted molar refractivity (Wildman–Crippen MR) is 188 cm³/mol. The molecule has 6 rings (SSSR count). The molecule has 2 bridgehead atoms. The van der Waals surface area contributed by atoms with Crippen LogP contribution < -0.4 is 15.4 Å². The summed E-state index contributed by atoms with van der Waals surface area (Å²) in [6.07, 6.45) is 3.29. The zero-order valence-corrected chi connectivity index (χ0v) is 31.7. The van der Waals surface area contributed by atoms with Gasteiger partial charge in [0, 0.05) is 6.54 Å². The molecule has 280 valence electrons. The molecule has 15 heteroatoms. The summed E-state index contributed by atoms with van der Waals surface area (Å²) in [6, 6.07) is 5.31. The van der Waals surface area contributed by atoms with Crippen molar-refractivity contribution in [3.8, 4) is 5.75 Å². The standard InChI is InChI=1S/C36H54BN5O9/c1-33(2,3)48-31(44)25-13-11-12-22(30(25)46-10)16-28(37-50-27-18-23-17-26(35(23,7)8)36(27,9)51-37)39-29(43)20-42-19-24(40-41-42)21-47-15-14-38-32(45)49-34(4,5)6/h11-13,19,23,26-28H,14-18,20-21H2,1-10H3,(H,38,45)(H,39,43)/t23?,26-,27+,28-,36-/m0/s1. The third-order valence-corrected chi connectivity index (χ3v) is 10.1. The highest BCUT2D eigenvalue weighted by Crippen LogP contribution is 2.65. The molecule has 0 spiro atoms. The topological polar surface area (TPSA) is 161 Å². The van der Waals surface area contributed by atoms with E-state index in [-0.39, 0.29) is 50.2 Å². The molecule has 1 aliphatic heterocycles. The van der Waals surface area contributed by atoms with Crippen molar-refractivity contribution >= 4 is 25.1 Å². The van der Waals surface area contributed by atoms with Gasteiger partial charge in [-0.25, -0.2) is 14.3 Å². The van der Waals surface area contributed by atoms with Gasteiger partial charge < -0.3 is 38.9 Å². The van der Waals surface area contributed by atoms with Gasteiger partial charge >= 0.3 is 19.2 Å². The summed E-state index contributed by atoms with van der Waals surface area (Å²) < 4.78 is 37.1. The number of nitrogens with one attached hydrogen (secondary N) is 2. The predicted octanol–water partition coefficient (Wildman–Crippen LogP) is 4.28. The first kappa shape index (κ1) is 38.5. The summed E-state index contributed by atoms with van der Waals surface area (Å²) in [5.41, 5.74) is -0.0866. The van der Waals surface area contributed by atoms with Crippen LogP contribution >= 0.6 is 0 Å². The van der Waals surface area contributed by atoms with E-state index < -0.39 is 41.9 Å². The Morgan fingerprint density at radius 2 is 1.80 bits per heavy atom. The Balaban J connectivity index is 1.26. The van der Waals surface area contributed by atoms with Crippen LogP contribution in [0.4, 0.5) is 4.79 Å². The molecule has 0 radical (unpaired) electrons. The molecule has 2 heterocycles. The summed E-state index contributed by atoms with van der Waals surface area (Å²) in [5.74, 6) is -0.165. The lowest BCUT2D eigenvalue weighted by Gasteiger charge is -2.64. The van der Waals surface area contributed by atoms with E-state index in [9.17, 15) is 14.4 Å². The van der Waals surface area contributed by atoms with E-state index in [1.54, 1.807) is 39.1 Å². The number of methoxy groups -OCH3 is 1. The van der Waals surface area contributed by atoms with E-state index in [4.69, 9.17) is 28.3 Å². The molecule has 3 aliphatic carbocycles. The zero-order valence-electron chi connectivity index (χ0n) is 31.7. The smallest absolute Gasteiger partial charge is 0.482 e. The number of esters is 1. The molecule has 4 fully saturated rings. The highest BCUT2D eigenvalue weighted by molar-refractivity contribution is 6.48. The monoisotopic (exact) mass is 711 g/mol. The number of carbonyl (C=O) groups excluding carboxylic acids is 3. The summed E-state index contributed by atoms with van der Waals surface area (Å²) in [5, 5.41) is 14.0. The normalized spacial score (nSPS) is 24.2. The number of nitrogens with zero attached hydrogens (tertiary/aromatic N) is 3. The number of rotatable bonds is 13. The fourth-order valence-corrected chi connectivity index (χ4v) is 7.60. The first-order chi connectivity index (χ1) is 23.8. The first-order valence-corrected chi connectivity index (χ1v) is 17.7. The van der Waals surface area contributed by atoms with Gasteiger partial charge in [-0.2, -0.15) is 0 Å². The van der Waals surface area contributed by atoms with Gasteiger partial charge in [0.25, 0.3) is 0 Å². The van der Waals surface area contributed by atoms with Crippen molar-refractivity contribution < 1.29 is 42.6 Å². The maximum Gasteiger partial charge on any atom is 0.482 e. The number of hydrogen-bond acceptors (Lipinski definition) is 11. The van der Waals surface area contributed by atoms with Crippen LogP contribution in [0.2, 0.25) is 0 Å². The molecule has 4 aliphatic rings. The number of carbonyl (C=O) groups is 3. The van der Waals surface area contributed by atoms with Crippen LogP contribution in [0.25, 0.3) is 0 Å². The Morgan fingerprint density at radius 3 is 2.47 bits per heavy atom. The molecule has 5 atom stereocenters. The molecule has 14 nitrogen and oxygen atoms in total. The highest BCUT2D eigenvalue weighted by Gasteiger charge is 2.68. The minimum Gasteiger partial charge on any atom is -0.496 e. The van der Waals surface area contributed by atoms with Gasteiger partial charge in [-0.05, 0) is 96.6 Å². The van der Waals surface area contributed by atoms with Crippen LogP contribution in [-0.2, 0) is 47.9 Å². The van der Waals surface area contributed by atoms with Crippen LogP contribution in [0, 0.1) is 17.3 Å². The second kappa shape index (κ2) is 14.7. The van der Waals surface area contributed by atoms with Gasteiger partial charge in [-0.1, -0.05) is 31.2 Å². The molecule has 2 aromatic rings. The molecule has 51 heavy (non-hydrogen) atoms. The maximum absolute atomic E-state index is 13.6. The minimum atomic E-state index is -0.733. The number of aromatic nitrogens is 3. The fraction of sp³-hybridized carbons (Fsp3) is 0.694. The van der Waals surface area contributed by atoms with E-state index in [2.05, 4.69) is 41.7 Å². The van der Waals surface area contributed by atoms with Crippen LogP contribution in [0.1, 0.15) is 96.8 Å². The Morgan fingerprint density at radius 1 is 1.08 bits per heavy atom. The third kappa shape index (κ3) is 9.04. The van der Waals surface area contributed by atoms with Crippen LogP contribution in [-0.4, -0.2) is 89.2 Å². The van der Waals surface area contributed by atoms with Crippen LogP contribution in [0.15, 0.2) is 24.4 Å². The van der Waals surface area contributed by atoms with Crippen molar-refractivity contribution in [2.45, 2.75) is 124 Å². The molecule has 1 unspecified atom stereocenters. The van der Waals surface area contributed by atoms with Crippen molar-refractivity contribution in [1.29, 1.82) is 0 Å². The maximum atomic E-state index is 13.6. The van der Waals surface area contributed by atoms with Gasteiger partial charge in [0.15, 0.2) is 0 Å². The number of benzene rings is 1. The average Bonchev–Trinajstić information content (AvgIpc) is 3.61. The van der Waals surface area contributed by atoms with Gasteiger partial charge in [0.2, 0.25) is 5.91 Å². The van der Waals surface area contributed by atoms with Gasteiger partial charge in [-0.3, -0.25) is 4.79 Å². The van der Waals surface area contributed by atoms with Crippen molar-refractivity contribution in [2.75, 3.05) is 20.3 Å². The Labute approximate surface area is 301 Å². The van der Waals surface area contributed by atoms with E-state index in [1.165, 1.54) is 11.8 Å². The van der Waals surface area contributed by atoms with E-state index in [0.717, 1.165) is 12.8 Å². The Hall–Kier alpha value is -3.69. The molecule has 3 saturated carbocycles. The van der Waals surface area contributed by atoms with E-state index in [0.29, 0.717) is 34.4 Å². The number of hydrogen-bond donors (Lipinski definition) is 2. The second-order valence-corrected chi connectivity index (χ2v) is 16.6. The molecule has 1 saturated heterocycles. The fourth-order valence-electron chi connectivity index (χ4n) is 7.60. The Kier molecular flexibility index (Phi) is 11.1. The summed E-state index contributed by atoms with van der Waals surface area (Å²) in [4.78, 5) is 38.5. The zero-order chi connectivity index (χ0) is 37.4. The van der Waals surface area contributed by atoms with Gasteiger partial charge in [-0.15, -0.1) is 5.10 Å². The lowest BCUT2D eigenvalue weighted by molar-refractivity contribution is -0.199. The van der Waals surface area contributed by atoms with Gasteiger partial charge in [0.1, 0.15) is 34.8 Å². The third-order valence-electron chi connectivity index (χ3n) is 10.1. The molecular weight excluding hydrogens is 657 g/mol. The average molecular weight is 712 g/mol. The summed E-state index contributed by atoms with van der Waals surface area (Å²) >= 11 is 0. The van der Waals surface area contributed by atoms with E-state index in [1.807, 2.05) is 26.8 Å². The lowest BCUT2D eigenvalue weighted by Crippen LogP contribution is -2.65. The largest absolute Gasteiger partial charge is 0.496 e. The SMILES string of the molecule is COc1c(C[C@H](NC(=O)Cn2cc(COCCNC(=O)OC(C)(C)C)nn2)B2O[C@@H]3CC4C[C@@H](C4(C)C)[C@]3(C)O2)cccc1C(=O)OC(C)(C)C. The molecule has 1 aromatic heterocycles. The molecule has 1 aromatic carbocycles. The van der Waals surface area contributed by atoms with Crippen molar-refractivity contribution in [2.24, 2.45) is 17.3 Å². The second-order valence-electron chi connectivity index (χ2n) is 16.6. The van der Waals surface area contributed by atoms with Crippen molar-refractivity contribution in [1.82, 2.24) is 25.6 Å². The minimum absolute atomic E-state index is 0.0918. The van der Waals surface area contributed by atoms with Crippen LogP contribution in [0.3, 0.4) is 0 Å².